The van der Waals surface area contributed by atoms with Crippen molar-refractivity contribution in [3.63, 3.8) is 0 Å². The normalized spacial score (nSPS) is 17.9. The van der Waals surface area contributed by atoms with Crippen molar-refractivity contribution in [1.29, 1.82) is 0 Å². The van der Waals surface area contributed by atoms with Crippen LogP contribution in [0.1, 0.15) is 29.7 Å². The second-order valence-corrected chi connectivity index (χ2v) is 5.77. The molecule has 1 aliphatic rings. The molecule has 0 aliphatic carbocycles. The average Bonchev–Trinajstić information content (AvgIpc) is 3.06. The summed E-state index contributed by atoms with van der Waals surface area (Å²) in [6.07, 6.45) is 0.102. The minimum atomic E-state index is -0.266. The molecule has 1 unspecified atom stereocenters. The average molecular weight is 330 g/mol. The SMILES string of the molecule is Cc1nc(C2CN(C(=O)CCOCc3ccccc3)CCO2)n[nH]1. The number of nitrogens with one attached hydrogen (secondary N) is 1. The molecule has 7 nitrogen and oxygen atoms in total. The number of aromatic amines is 1. The minimum Gasteiger partial charge on any atom is -0.376 e. The maximum atomic E-state index is 12.3. The zero-order chi connectivity index (χ0) is 16.8. The van der Waals surface area contributed by atoms with Crippen LogP contribution in [-0.4, -0.2) is 52.3 Å². The Morgan fingerprint density at radius 1 is 1.42 bits per heavy atom. The predicted molar refractivity (Wildman–Crippen MR) is 87.1 cm³/mol. The smallest absolute Gasteiger partial charge is 0.225 e. The highest BCUT2D eigenvalue weighted by Gasteiger charge is 2.27. The van der Waals surface area contributed by atoms with E-state index in [4.69, 9.17) is 9.47 Å². The third-order valence-corrected chi connectivity index (χ3v) is 3.89. The monoisotopic (exact) mass is 330 g/mol. The van der Waals surface area contributed by atoms with Gasteiger partial charge in [-0.3, -0.25) is 9.89 Å². The van der Waals surface area contributed by atoms with Crippen LogP contribution >= 0.6 is 0 Å². The van der Waals surface area contributed by atoms with E-state index in [0.717, 1.165) is 11.4 Å². The van der Waals surface area contributed by atoms with Crippen molar-refractivity contribution >= 4 is 5.91 Å². The molecule has 0 saturated carbocycles. The first-order valence-corrected chi connectivity index (χ1v) is 8.12. The van der Waals surface area contributed by atoms with Crippen LogP contribution in [0.15, 0.2) is 30.3 Å². The summed E-state index contributed by atoms with van der Waals surface area (Å²) < 4.78 is 11.3. The van der Waals surface area contributed by atoms with E-state index in [1.165, 1.54) is 0 Å². The van der Waals surface area contributed by atoms with Gasteiger partial charge in [-0.25, -0.2) is 4.98 Å². The number of carbonyl (C=O) groups excluding carboxylic acids is 1. The summed E-state index contributed by atoms with van der Waals surface area (Å²) >= 11 is 0. The molecule has 1 amide bonds. The maximum Gasteiger partial charge on any atom is 0.225 e. The number of nitrogens with zero attached hydrogens (tertiary/aromatic N) is 3. The van der Waals surface area contributed by atoms with Crippen molar-refractivity contribution in [3.05, 3.63) is 47.5 Å². The Kier molecular flexibility index (Phi) is 5.55. The molecule has 2 heterocycles. The molecular formula is C17H22N4O3. The molecule has 2 aromatic rings. The Bertz CT molecular complexity index is 659. The molecule has 1 atom stereocenters. The summed E-state index contributed by atoms with van der Waals surface area (Å²) in [5.74, 6) is 1.42. The van der Waals surface area contributed by atoms with Crippen molar-refractivity contribution in [2.45, 2.75) is 26.1 Å². The molecule has 1 fully saturated rings. The lowest BCUT2D eigenvalue weighted by molar-refractivity contribution is -0.140. The predicted octanol–water partition coefficient (Wildman–Crippen LogP) is 1.62. The van der Waals surface area contributed by atoms with Crippen molar-refractivity contribution in [3.8, 4) is 0 Å². The Morgan fingerprint density at radius 2 is 2.25 bits per heavy atom. The lowest BCUT2D eigenvalue weighted by atomic mass is 10.2. The number of morpholine rings is 1. The fraction of sp³-hybridized carbons (Fsp3) is 0.471. The van der Waals surface area contributed by atoms with Crippen molar-refractivity contribution in [2.75, 3.05) is 26.3 Å². The van der Waals surface area contributed by atoms with Crippen molar-refractivity contribution in [1.82, 2.24) is 20.1 Å². The summed E-state index contributed by atoms with van der Waals surface area (Å²) in [4.78, 5) is 18.4. The zero-order valence-corrected chi connectivity index (χ0v) is 13.8. The van der Waals surface area contributed by atoms with Crippen LogP contribution in [0, 0.1) is 6.92 Å². The van der Waals surface area contributed by atoms with Crippen molar-refractivity contribution < 1.29 is 14.3 Å². The lowest BCUT2D eigenvalue weighted by Crippen LogP contribution is -2.42. The van der Waals surface area contributed by atoms with Gasteiger partial charge in [0, 0.05) is 6.54 Å². The molecule has 1 aromatic heterocycles. The summed E-state index contributed by atoms with van der Waals surface area (Å²) in [6, 6.07) is 9.93. The van der Waals surface area contributed by atoms with E-state index in [9.17, 15) is 4.79 Å². The van der Waals surface area contributed by atoms with Crippen LogP contribution in [0.25, 0.3) is 0 Å². The number of aryl methyl sites for hydroxylation is 1. The van der Waals surface area contributed by atoms with E-state index in [2.05, 4.69) is 15.2 Å². The maximum absolute atomic E-state index is 12.3. The third kappa shape index (κ3) is 4.39. The number of amides is 1. The fourth-order valence-corrected chi connectivity index (χ4v) is 2.62. The van der Waals surface area contributed by atoms with E-state index < -0.39 is 0 Å². The van der Waals surface area contributed by atoms with Gasteiger partial charge >= 0.3 is 0 Å². The van der Waals surface area contributed by atoms with Gasteiger partial charge < -0.3 is 14.4 Å². The summed E-state index contributed by atoms with van der Waals surface area (Å²) in [6.45, 7) is 4.35. The number of H-pyrrole nitrogens is 1. The summed E-state index contributed by atoms with van der Waals surface area (Å²) in [5, 5.41) is 6.92. The molecule has 7 heteroatoms. The van der Waals surface area contributed by atoms with Crippen molar-refractivity contribution in [2.24, 2.45) is 0 Å². The van der Waals surface area contributed by atoms with Gasteiger partial charge in [0.1, 0.15) is 11.9 Å². The highest BCUT2D eigenvalue weighted by molar-refractivity contribution is 5.76. The van der Waals surface area contributed by atoms with Gasteiger partial charge in [0.2, 0.25) is 5.91 Å². The first kappa shape index (κ1) is 16.6. The van der Waals surface area contributed by atoms with Gasteiger partial charge in [-0.05, 0) is 12.5 Å². The largest absolute Gasteiger partial charge is 0.376 e. The second-order valence-electron chi connectivity index (χ2n) is 5.77. The molecule has 0 bridgehead atoms. The Hall–Kier alpha value is -2.25. The Balaban J connectivity index is 1.43. The van der Waals surface area contributed by atoms with E-state index >= 15 is 0 Å². The molecule has 128 valence electrons. The first-order valence-electron chi connectivity index (χ1n) is 8.12. The number of ether oxygens (including phenoxy) is 2. The quantitative estimate of drug-likeness (QED) is 0.814. The van der Waals surface area contributed by atoms with E-state index in [0.29, 0.717) is 45.2 Å². The van der Waals surface area contributed by atoms with Gasteiger partial charge in [0.05, 0.1) is 32.8 Å². The van der Waals surface area contributed by atoms with Gasteiger partial charge in [0.25, 0.3) is 0 Å². The molecule has 1 saturated heterocycles. The molecule has 0 radical (unpaired) electrons. The number of carbonyl (C=O) groups is 1. The highest BCUT2D eigenvalue weighted by atomic mass is 16.5. The van der Waals surface area contributed by atoms with E-state index in [1.54, 1.807) is 4.90 Å². The standard InChI is InChI=1S/C17H22N4O3/c1-13-18-17(20-19-13)15-11-21(8-10-24-15)16(22)7-9-23-12-14-5-3-2-4-6-14/h2-6,15H,7-12H2,1H3,(H,18,19,20). The van der Waals surface area contributed by atoms with E-state index in [1.807, 2.05) is 37.3 Å². The second kappa shape index (κ2) is 8.03. The number of aromatic nitrogens is 3. The number of hydrogen-bond acceptors (Lipinski definition) is 5. The van der Waals surface area contributed by atoms with Crippen LogP contribution in [0.5, 0.6) is 0 Å². The Morgan fingerprint density at radius 3 is 3.00 bits per heavy atom. The molecule has 3 rings (SSSR count). The zero-order valence-electron chi connectivity index (χ0n) is 13.8. The van der Waals surface area contributed by atoms with Crippen LogP contribution in [-0.2, 0) is 20.9 Å². The molecule has 0 spiro atoms. The molecular weight excluding hydrogens is 308 g/mol. The van der Waals surface area contributed by atoms with Crippen LogP contribution in [0.3, 0.4) is 0 Å². The highest BCUT2D eigenvalue weighted by Crippen LogP contribution is 2.19. The van der Waals surface area contributed by atoms with Gasteiger partial charge in [-0.2, -0.15) is 5.10 Å². The van der Waals surface area contributed by atoms with Crippen LogP contribution < -0.4 is 0 Å². The number of rotatable bonds is 6. The van der Waals surface area contributed by atoms with Crippen LogP contribution in [0.2, 0.25) is 0 Å². The molecule has 24 heavy (non-hydrogen) atoms. The topological polar surface area (TPSA) is 80.3 Å². The minimum absolute atomic E-state index is 0.0728. The first-order chi connectivity index (χ1) is 11.7. The van der Waals surface area contributed by atoms with Gasteiger partial charge in [-0.1, -0.05) is 30.3 Å². The number of hydrogen-bond donors (Lipinski definition) is 1. The number of benzene rings is 1. The lowest BCUT2D eigenvalue weighted by Gasteiger charge is -2.31. The van der Waals surface area contributed by atoms with Crippen LogP contribution in [0.4, 0.5) is 0 Å². The van der Waals surface area contributed by atoms with Gasteiger partial charge in [-0.15, -0.1) is 0 Å². The summed E-state index contributed by atoms with van der Waals surface area (Å²) in [5.41, 5.74) is 1.11. The summed E-state index contributed by atoms with van der Waals surface area (Å²) in [7, 11) is 0. The van der Waals surface area contributed by atoms with Gasteiger partial charge in [0.15, 0.2) is 5.82 Å². The van der Waals surface area contributed by atoms with E-state index in [-0.39, 0.29) is 12.0 Å². The molecule has 1 aromatic carbocycles. The fourth-order valence-electron chi connectivity index (χ4n) is 2.62. The Labute approximate surface area is 141 Å². The molecule has 1 aliphatic heterocycles. The molecule has 1 N–H and O–H groups in total. The third-order valence-electron chi connectivity index (χ3n) is 3.89.